The predicted octanol–water partition coefficient (Wildman–Crippen LogP) is 4.50. The molecule has 0 heterocycles. The van der Waals surface area contributed by atoms with Crippen LogP contribution < -0.4 is 0 Å². The maximum absolute atomic E-state index is 2.55. The van der Waals surface area contributed by atoms with Crippen molar-refractivity contribution in [2.75, 3.05) is 39.3 Å². The van der Waals surface area contributed by atoms with E-state index in [9.17, 15) is 0 Å². The molecular formula is C18H40N2. The van der Waals surface area contributed by atoms with Crippen molar-refractivity contribution in [2.45, 2.75) is 67.2 Å². The highest BCUT2D eigenvalue weighted by Gasteiger charge is 2.09. The highest BCUT2D eigenvalue weighted by Crippen LogP contribution is 2.15. The van der Waals surface area contributed by atoms with Gasteiger partial charge in [0.15, 0.2) is 0 Å². The monoisotopic (exact) mass is 284 g/mol. The van der Waals surface area contributed by atoms with Crippen molar-refractivity contribution in [3.8, 4) is 0 Å². The number of hydrogen-bond acceptors (Lipinski definition) is 2. The Kier molecular flexibility index (Phi) is 12.6. The molecule has 0 saturated heterocycles. The van der Waals surface area contributed by atoms with Crippen molar-refractivity contribution in [1.82, 2.24) is 9.80 Å². The molecular weight excluding hydrogens is 244 g/mol. The first-order chi connectivity index (χ1) is 9.57. The molecule has 0 amide bonds. The fourth-order valence-corrected chi connectivity index (χ4v) is 3.01. The molecule has 0 aliphatic heterocycles. The first kappa shape index (κ1) is 19.9. The molecule has 0 aliphatic carbocycles. The molecule has 0 aliphatic rings. The summed E-state index contributed by atoms with van der Waals surface area (Å²) < 4.78 is 0. The van der Waals surface area contributed by atoms with Crippen LogP contribution in [0, 0.1) is 11.8 Å². The second-order valence-electron chi connectivity index (χ2n) is 6.47. The molecule has 0 aromatic heterocycles. The zero-order valence-electron chi connectivity index (χ0n) is 15.1. The van der Waals surface area contributed by atoms with Crippen molar-refractivity contribution in [3.63, 3.8) is 0 Å². The van der Waals surface area contributed by atoms with Gasteiger partial charge in [0.25, 0.3) is 0 Å². The average Bonchev–Trinajstić information content (AvgIpc) is 2.46. The first-order valence-corrected chi connectivity index (χ1v) is 9.01. The average molecular weight is 285 g/mol. The van der Waals surface area contributed by atoms with Crippen LogP contribution in [0.1, 0.15) is 67.2 Å². The summed E-state index contributed by atoms with van der Waals surface area (Å²) in [6.45, 7) is 21.2. The summed E-state index contributed by atoms with van der Waals surface area (Å²) in [5, 5.41) is 0. The highest BCUT2D eigenvalue weighted by atomic mass is 15.1. The second-order valence-corrected chi connectivity index (χ2v) is 6.47. The summed E-state index contributed by atoms with van der Waals surface area (Å²) >= 11 is 0. The maximum atomic E-state index is 2.55. The van der Waals surface area contributed by atoms with Crippen LogP contribution in [0.4, 0.5) is 0 Å². The van der Waals surface area contributed by atoms with Crippen molar-refractivity contribution in [3.05, 3.63) is 0 Å². The summed E-state index contributed by atoms with van der Waals surface area (Å²) in [6, 6.07) is 0. The molecule has 2 unspecified atom stereocenters. The van der Waals surface area contributed by atoms with Crippen LogP contribution in [0.25, 0.3) is 0 Å². The fraction of sp³-hybridized carbons (Fsp3) is 1.00. The molecule has 0 saturated carbocycles. The third-order valence-corrected chi connectivity index (χ3v) is 4.57. The summed E-state index contributed by atoms with van der Waals surface area (Å²) in [7, 11) is 0. The van der Waals surface area contributed by atoms with Crippen LogP contribution in [0.2, 0.25) is 0 Å². The normalized spacial score (nSPS) is 15.0. The Morgan fingerprint density at radius 3 is 1.15 bits per heavy atom. The van der Waals surface area contributed by atoms with Gasteiger partial charge in [0.1, 0.15) is 0 Å². The zero-order valence-corrected chi connectivity index (χ0v) is 15.1. The van der Waals surface area contributed by atoms with Crippen molar-refractivity contribution in [1.29, 1.82) is 0 Å². The quantitative estimate of drug-likeness (QED) is 0.459. The molecule has 0 radical (unpaired) electrons. The molecule has 0 N–H and O–H groups in total. The van der Waals surface area contributed by atoms with Crippen LogP contribution in [-0.2, 0) is 0 Å². The molecule has 2 heteroatoms. The SMILES string of the molecule is CCN(CC)CC(C)CCCCC(C)CN(CC)CC. The van der Waals surface area contributed by atoms with Gasteiger partial charge in [-0.05, 0) is 50.9 Å². The van der Waals surface area contributed by atoms with Gasteiger partial charge in [0, 0.05) is 13.1 Å². The molecule has 2 nitrogen and oxygen atoms in total. The van der Waals surface area contributed by atoms with Gasteiger partial charge in [-0.15, -0.1) is 0 Å². The van der Waals surface area contributed by atoms with E-state index in [1.165, 1.54) is 65.0 Å². The van der Waals surface area contributed by atoms with E-state index >= 15 is 0 Å². The van der Waals surface area contributed by atoms with Gasteiger partial charge >= 0.3 is 0 Å². The van der Waals surface area contributed by atoms with Gasteiger partial charge in [-0.1, -0.05) is 54.4 Å². The van der Waals surface area contributed by atoms with Gasteiger partial charge < -0.3 is 9.80 Å². The lowest BCUT2D eigenvalue weighted by Crippen LogP contribution is -2.28. The van der Waals surface area contributed by atoms with Crippen molar-refractivity contribution < 1.29 is 0 Å². The van der Waals surface area contributed by atoms with Gasteiger partial charge in [-0.25, -0.2) is 0 Å². The van der Waals surface area contributed by atoms with E-state index in [0.29, 0.717) is 0 Å². The first-order valence-electron chi connectivity index (χ1n) is 9.01. The Bertz CT molecular complexity index is 176. The lowest BCUT2D eigenvalue weighted by Gasteiger charge is -2.24. The summed E-state index contributed by atoms with van der Waals surface area (Å²) in [5.41, 5.74) is 0. The summed E-state index contributed by atoms with van der Waals surface area (Å²) in [5.74, 6) is 1.71. The Labute approximate surface area is 128 Å². The lowest BCUT2D eigenvalue weighted by atomic mass is 9.98. The van der Waals surface area contributed by atoms with E-state index < -0.39 is 0 Å². The standard InChI is InChI=1S/C18H40N2/c1-7-19(8-2)15-17(5)13-11-12-14-18(6)16-20(9-3)10-4/h17-18H,7-16H2,1-6H3. The van der Waals surface area contributed by atoms with Crippen LogP contribution in [0.5, 0.6) is 0 Å². The highest BCUT2D eigenvalue weighted by molar-refractivity contribution is 4.63. The minimum atomic E-state index is 0.855. The Morgan fingerprint density at radius 1 is 0.600 bits per heavy atom. The van der Waals surface area contributed by atoms with Crippen LogP contribution >= 0.6 is 0 Å². The van der Waals surface area contributed by atoms with E-state index in [1.54, 1.807) is 0 Å². The third-order valence-electron chi connectivity index (χ3n) is 4.57. The molecule has 2 atom stereocenters. The molecule has 20 heavy (non-hydrogen) atoms. The van der Waals surface area contributed by atoms with Crippen molar-refractivity contribution >= 4 is 0 Å². The van der Waals surface area contributed by atoms with Gasteiger partial charge in [0.2, 0.25) is 0 Å². The van der Waals surface area contributed by atoms with Gasteiger partial charge in [-0.3, -0.25) is 0 Å². The van der Waals surface area contributed by atoms with E-state index in [4.69, 9.17) is 0 Å². The minimum Gasteiger partial charge on any atom is -0.304 e. The Morgan fingerprint density at radius 2 is 0.900 bits per heavy atom. The van der Waals surface area contributed by atoms with E-state index in [0.717, 1.165) is 11.8 Å². The smallest absolute Gasteiger partial charge is 0.000679 e. The zero-order chi connectivity index (χ0) is 15.4. The Hall–Kier alpha value is -0.0800. The molecule has 0 aromatic carbocycles. The molecule has 0 aromatic rings. The van der Waals surface area contributed by atoms with Crippen molar-refractivity contribution in [2.24, 2.45) is 11.8 Å². The largest absolute Gasteiger partial charge is 0.304 e. The number of hydrogen-bond donors (Lipinski definition) is 0. The minimum absolute atomic E-state index is 0.855. The molecule has 0 fully saturated rings. The van der Waals surface area contributed by atoms with Gasteiger partial charge in [0.05, 0.1) is 0 Å². The summed E-state index contributed by atoms with van der Waals surface area (Å²) in [6.07, 6.45) is 5.61. The van der Waals surface area contributed by atoms with Crippen LogP contribution in [-0.4, -0.2) is 49.1 Å². The van der Waals surface area contributed by atoms with Crippen LogP contribution in [0.3, 0.4) is 0 Å². The summed E-state index contributed by atoms with van der Waals surface area (Å²) in [4.78, 5) is 5.10. The Balaban J connectivity index is 3.64. The maximum Gasteiger partial charge on any atom is 0.000679 e. The van der Waals surface area contributed by atoms with Gasteiger partial charge in [-0.2, -0.15) is 0 Å². The topological polar surface area (TPSA) is 6.48 Å². The lowest BCUT2D eigenvalue weighted by molar-refractivity contribution is 0.241. The van der Waals surface area contributed by atoms with Crippen LogP contribution in [0.15, 0.2) is 0 Å². The molecule has 0 rings (SSSR count). The number of nitrogens with zero attached hydrogens (tertiary/aromatic N) is 2. The molecule has 122 valence electrons. The second kappa shape index (κ2) is 12.6. The molecule has 0 spiro atoms. The number of unbranched alkanes of at least 4 members (excludes halogenated alkanes) is 1. The molecule has 0 bridgehead atoms. The van der Waals surface area contributed by atoms with E-state index in [-0.39, 0.29) is 0 Å². The third kappa shape index (κ3) is 9.77. The van der Waals surface area contributed by atoms with E-state index in [1.807, 2.05) is 0 Å². The number of rotatable bonds is 13. The van der Waals surface area contributed by atoms with E-state index in [2.05, 4.69) is 51.3 Å². The predicted molar refractivity (Wildman–Crippen MR) is 92.4 cm³/mol. The fourth-order valence-electron chi connectivity index (χ4n) is 3.01.